The fraction of sp³-hybridized carbons (Fsp3) is 0.538. The van der Waals surface area contributed by atoms with Gasteiger partial charge in [-0.1, -0.05) is 38.8 Å². The average molecular weight is 413 g/mol. The molecule has 1 rings (SSSR count). The third kappa shape index (κ3) is 5.94. The van der Waals surface area contributed by atoms with Crippen molar-refractivity contribution in [2.45, 2.75) is 25.8 Å². The molecule has 0 bridgehead atoms. The molecular formula is C13H19Br2NO2S. The van der Waals surface area contributed by atoms with Gasteiger partial charge in [-0.25, -0.2) is 8.42 Å². The third-order valence-electron chi connectivity index (χ3n) is 3.02. The van der Waals surface area contributed by atoms with Crippen LogP contribution < -0.4 is 5.32 Å². The average Bonchev–Trinajstić information content (AvgIpc) is 2.33. The molecule has 0 heterocycles. The van der Waals surface area contributed by atoms with Crippen molar-refractivity contribution in [1.82, 2.24) is 5.32 Å². The highest BCUT2D eigenvalue weighted by Crippen LogP contribution is 2.26. The maximum Gasteiger partial charge on any atom is 0.150 e. The first kappa shape index (κ1) is 17.1. The van der Waals surface area contributed by atoms with Crippen molar-refractivity contribution in [2.75, 3.05) is 18.6 Å². The highest BCUT2D eigenvalue weighted by molar-refractivity contribution is 9.11. The van der Waals surface area contributed by atoms with Crippen molar-refractivity contribution in [3.05, 3.63) is 32.7 Å². The van der Waals surface area contributed by atoms with Gasteiger partial charge in [0.25, 0.3) is 0 Å². The van der Waals surface area contributed by atoms with E-state index >= 15 is 0 Å². The number of hydrogen-bond donors (Lipinski definition) is 1. The first-order valence-corrected chi connectivity index (χ1v) is 9.62. The van der Waals surface area contributed by atoms with Crippen LogP contribution in [0.15, 0.2) is 27.1 Å². The van der Waals surface area contributed by atoms with Gasteiger partial charge in [-0.05, 0) is 43.7 Å². The number of sulfone groups is 1. The molecule has 6 heteroatoms. The molecule has 0 aliphatic rings. The van der Waals surface area contributed by atoms with Crippen molar-refractivity contribution in [2.24, 2.45) is 0 Å². The van der Waals surface area contributed by atoms with Crippen LogP contribution in [0, 0.1) is 0 Å². The largest absolute Gasteiger partial charge is 0.313 e. The Morgan fingerprint density at radius 1 is 1.21 bits per heavy atom. The molecule has 0 amide bonds. The summed E-state index contributed by atoms with van der Waals surface area (Å²) >= 11 is 6.94. The second-order valence-electron chi connectivity index (χ2n) is 4.42. The van der Waals surface area contributed by atoms with E-state index < -0.39 is 9.84 Å². The van der Waals surface area contributed by atoms with E-state index in [2.05, 4.69) is 49.3 Å². The Kier molecular flexibility index (Phi) is 7.00. The Morgan fingerprint density at radius 3 is 2.26 bits per heavy atom. The van der Waals surface area contributed by atoms with Crippen molar-refractivity contribution >= 4 is 41.7 Å². The molecule has 0 saturated heterocycles. The smallest absolute Gasteiger partial charge is 0.150 e. The topological polar surface area (TPSA) is 46.2 Å². The van der Waals surface area contributed by atoms with Crippen LogP contribution in [0.5, 0.6) is 0 Å². The lowest BCUT2D eigenvalue weighted by atomic mass is 10.0. The summed E-state index contributed by atoms with van der Waals surface area (Å²) in [6.07, 6.45) is 1.48. The summed E-state index contributed by atoms with van der Waals surface area (Å²) in [5.74, 6) is 0.483. The van der Waals surface area contributed by atoms with Gasteiger partial charge in [-0.2, -0.15) is 0 Å². The van der Waals surface area contributed by atoms with Crippen LogP contribution in [0.4, 0.5) is 0 Å². The number of rotatable bonds is 7. The van der Waals surface area contributed by atoms with Crippen LogP contribution in [0.25, 0.3) is 0 Å². The number of halogens is 2. The molecule has 3 nitrogen and oxygen atoms in total. The number of hydrogen-bond acceptors (Lipinski definition) is 3. The molecule has 19 heavy (non-hydrogen) atoms. The summed E-state index contributed by atoms with van der Waals surface area (Å²) in [5.41, 5.74) is 1.15. The summed E-state index contributed by atoms with van der Waals surface area (Å²) in [5, 5.41) is 3.24. The van der Waals surface area contributed by atoms with Gasteiger partial charge in [-0.15, -0.1) is 0 Å². The van der Waals surface area contributed by atoms with E-state index in [4.69, 9.17) is 0 Å². The van der Waals surface area contributed by atoms with Gasteiger partial charge in [0, 0.05) is 20.7 Å². The van der Waals surface area contributed by atoms with Crippen molar-refractivity contribution < 1.29 is 8.42 Å². The van der Waals surface area contributed by atoms with Crippen LogP contribution in [-0.2, 0) is 9.84 Å². The molecule has 0 radical (unpaired) electrons. The zero-order valence-electron chi connectivity index (χ0n) is 11.1. The molecule has 1 unspecified atom stereocenters. The fourth-order valence-electron chi connectivity index (χ4n) is 1.91. The van der Waals surface area contributed by atoms with E-state index in [0.717, 1.165) is 20.9 Å². The molecule has 1 N–H and O–H groups in total. The van der Waals surface area contributed by atoms with Crippen LogP contribution in [-0.4, -0.2) is 27.0 Å². The molecular weight excluding hydrogens is 394 g/mol. The monoisotopic (exact) mass is 411 g/mol. The van der Waals surface area contributed by atoms with Gasteiger partial charge in [0.1, 0.15) is 9.84 Å². The van der Waals surface area contributed by atoms with E-state index in [1.165, 1.54) is 0 Å². The number of benzene rings is 1. The minimum absolute atomic E-state index is 0.167. The van der Waals surface area contributed by atoms with Crippen LogP contribution in [0.1, 0.15) is 31.4 Å². The van der Waals surface area contributed by atoms with E-state index in [1.54, 1.807) is 6.92 Å². The molecule has 0 aliphatic heterocycles. The Morgan fingerprint density at radius 2 is 1.79 bits per heavy atom. The normalized spacial score (nSPS) is 13.5. The van der Waals surface area contributed by atoms with Gasteiger partial charge in [0.15, 0.2) is 0 Å². The molecule has 108 valence electrons. The van der Waals surface area contributed by atoms with E-state index in [9.17, 15) is 8.42 Å². The molecule has 1 aromatic rings. The van der Waals surface area contributed by atoms with Crippen LogP contribution in [0.3, 0.4) is 0 Å². The first-order chi connectivity index (χ1) is 8.88. The molecule has 0 aliphatic carbocycles. The Bertz CT molecular complexity index is 497. The predicted molar refractivity (Wildman–Crippen MR) is 87.2 cm³/mol. The van der Waals surface area contributed by atoms with Gasteiger partial charge in [-0.3, -0.25) is 0 Å². The molecule has 1 aromatic carbocycles. The highest BCUT2D eigenvalue weighted by atomic mass is 79.9. The Labute approximate surface area is 132 Å². The summed E-state index contributed by atoms with van der Waals surface area (Å²) in [6, 6.07) is 6.26. The fourth-order valence-corrected chi connectivity index (χ4v) is 4.13. The zero-order valence-corrected chi connectivity index (χ0v) is 15.1. The Balaban J connectivity index is 2.68. The lowest BCUT2D eigenvalue weighted by Gasteiger charge is -2.17. The van der Waals surface area contributed by atoms with Gasteiger partial charge in [0.05, 0.1) is 5.75 Å². The first-order valence-electron chi connectivity index (χ1n) is 6.21. The van der Waals surface area contributed by atoms with E-state index in [1.807, 2.05) is 13.1 Å². The minimum Gasteiger partial charge on any atom is -0.313 e. The summed E-state index contributed by atoms with van der Waals surface area (Å²) in [4.78, 5) is 0. The van der Waals surface area contributed by atoms with Crippen LogP contribution in [0.2, 0.25) is 0 Å². The maximum atomic E-state index is 11.5. The number of nitrogens with one attached hydrogen (secondary N) is 1. The van der Waals surface area contributed by atoms with Crippen LogP contribution >= 0.6 is 31.9 Å². The molecule has 0 saturated carbocycles. The summed E-state index contributed by atoms with van der Waals surface area (Å²) < 4.78 is 25.0. The molecule has 1 atom stereocenters. The zero-order chi connectivity index (χ0) is 14.5. The summed E-state index contributed by atoms with van der Waals surface area (Å²) in [7, 11) is -0.972. The second kappa shape index (κ2) is 7.76. The lowest BCUT2D eigenvalue weighted by Crippen LogP contribution is -2.18. The van der Waals surface area contributed by atoms with E-state index in [0.29, 0.717) is 6.42 Å². The van der Waals surface area contributed by atoms with Gasteiger partial charge < -0.3 is 5.32 Å². The third-order valence-corrected chi connectivity index (χ3v) is 5.73. The molecule has 0 fully saturated rings. The summed E-state index contributed by atoms with van der Waals surface area (Å²) in [6.45, 7) is 1.69. The molecule has 0 aromatic heterocycles. The maximum absolute atomic E-state index is 11.5. The standard InChI is InChI=1S/C13H19Br2NO2S/c1-3-19(17,18)6-4-5-13(16-2)10-7-11(14)9-12(15)8-10/h7-9,13,16H,3-6H2,1-2H3. The molecule has 0 spiro atoms. The Hall–Kier alpha value is 0.0900. The van der Waals surface area contributed by atoms with E-state index in [-0.39, 0.29) is 17.5 Å². The van der Waals surface area contributed by atoms with Gasteiger partial charge >= 0.3 is 0 Å². The SMILES string of the molecule is CCS(=O)(=O)CCCC(NC)c1cc(Br)cc(Br)c1. The quantitative estimate of drug-likeness (QED) is 0.742. The van der Waals surface area contributed by atoms with Gasteiger partial charge in [0.2, 0.25) is 0 Å². The van der Waals surface area contributed by atoms with Crippen molar-refractivity contribution in [1.29, 1.82) is 0 Å². The van der Waals surface area contributed by atoms with Crippen molar-refractivity contribution in [3.8, 4) is 0 Å². The predicted octanol–water partition coefficient (Wildman–Crippen LogP) is 3.69. The lowest BCUT2D eigenvalue weighted by molar-refractivity contribution is 0.535. The van der Waals surface area contributed by atoms with Crippen molar-refractivity contribution in [3.63, 3.8) is 0 Å². The minimum atomic E-state index is -2.87. The highest BCUT2D eigenvalue weighted by Gasteiger charge is 2.13. The second-order valence-corrected chi connectivity index (χ2v) is 8.73.